The number of aromatic nitrogens is 2. The molecule has 2 aromatic rings. The number of nitrogen functional groups attached to an aromatic ring is 1. The number of nitrogens with one attached hydrogen (secondary N) is 1. The molecule has 6 heteroatoms. The molecule has 18 heavy (non-hydrogen) atoms. The lowest BCUT2D eigenvalue weighted by molar-refractivity contribution is 0.192. The average molecular weight is 266 g/mol. The molecule has 0 unspecified atom stereocenters. The molecule has 0 aliphatic carbocycles. The molecule has 0 radical (unpaired) electrons. The first-order chi connectivity index (χ1) is 8.81. The van der Waals surface area contributed by atoms with Gasteiger partial charge in [-0.05, 0) is 30.7 Å². The van der Waals surface area contributed by atoms with Gasteiger partial charge in [0.1, 0.15) is 10.6 Å². The Balaban J connectivity index is 1.89. The molecule has 2 rings (SSSR count). The van der Waals surface area contributed by atoms with E-state index in [1.54, 1.807) is 18.4 Å². The fraction of sp³-hybridized carbons (Fsp3) is 0.500. The molecule has 5 nitrogen and oxygen atoms in total. The topological polar surface area (TPSA) is 73.1 Å². The molecule has 0 saturated heterocycles. The predicted octanol–water partition coefficient (Wildman–Crippen LogP) is 2.50. The minimum atomic E-state index is 0.326. The van der Waals surface area contributed by atoms with Crippen LogP contribution < -0.4 is 11.1 Å². The van der Waals surface area contributed by atoms with Gasteiger partial charge in [0.05, 0.1) is 5.39 Å². The van der Waals surface area contributed by atoms with Crippen molar-refractivity contribution >= 4 is 33.3 Å². The van der Waals surface area contributed by atoms with E-state index in [4.69, 9.17) is 10.5 Å². The summed E-state index contributed by atoms with van der Waals surface area (Å²) < 4.78 is 5.01. The highest BCUT2D eigenvalue weighted by atomic mass is 32.1. The van der Waals surface area contributed by atoms with Gasteiger partial charge in [-0.15, -0.1) is 11.3 Å². The molecule has 0 aliphatic rings. The third-order valence-corrected chi connectivity index (χ3v) is 3.47. The number of nitrogens with zero attached hydrogens (tertiary/aromatic N) is 2. The van der Waals surface area contributed by atoms with Gasteiger partial charge in [-0.2, -0.15) is 4.98 Å². The van der Waals surface area contributed by atoms with Crippen molar-refractivity contribution in [2.45, 2.75) is 19.3 Å². The van der Waals surface area contributed by atoms with Crippen LogP contribution in [-0.4, -0.2) is 30.2 Å². The number of nitrogens with two attached hydrogens (primary N) is 1. The van der Waals surface area contributed by atoms with Gasteiger partial charge in [-0.25, -0.2) is 4.98 Å². The van der Waals surface area contributed by atoms with Crippen molar-refractivity contribution in [2.75, 3.05) is 31.3 Å². The van der Waals surface area contributed by atoms with Gasteiger partial charge in [-0.3, -0.25) is 0 Å². The maximum atomic E-state index is 5.68. The zero-order valence-corrected chi connectivity index (χ0v) is 11.3. The Morgan fingerprint density at radius 1 is 1.33 bits per heavy atom. The summed E-state index contributed by atoms with van der Waals surface area (Å²) in [6.45, 7) is 1.72. The predicted molar refractivity (Wildman–Crippen MR) is 76.0 cm³/mol. The fourth-order valence-electron chi connectivity index (χ4n) is 1.76. The number of anilines is 2. The van der Waals surface area contributed by atoms with E-state index in [0.717, 1.165) is 48.4 Å². The third-order valence-electron chi connectivity index (χ3n) is 2.66. The van der Waals surface area contributed by atoms with Crippen molar-refractivity contribution in [1.82, 2.24) is 9.97 Å². The quantitative estimate of drug-likeness (QED) is 0.753. The van der Waals surface area contributed by atoms with E-state index < -0.39 is 0 Å². The van der Waals surface area contributed by atoms with Gasteiger partial charge in [0, 0.05) is 20.3 Å². The van der Waals surface area contributed by atoms with Crippen molar-refractivity contribution in [3.63, 3.8) is 0 Å². The smallest absolute Gasteiger partial charge is 0.223 e. The minimum absolute atomic E-state index is 0.326. The summed E-state index contributed by atoms with van der Waals surface area (Å²) in [4.78, 5) is 9.37. The van der Waals surface area contributed by atoms with Gasteiger partial charge in [0.2, 0.25) is 5.95 Å². The number of hydrogen-bond acceptors (Lipinski definition) is 6. The van der Waals surface area contributed by atoms with Gasteiger partial charge in [0.25, 0.3) is 0 Å². The summed E-state index contributed by atoms with van der Waals surface area (Å²) in [7, 11) is 1.73. The van der Waals surface area contributed by atoms with Crippen LogP contribution in [-0.2, 0) is 4.74 Å². The van der Waals surface area contributed by atoms with E-state index in [9.17, 15) is 0 Å². The Bertz CT molecular complexity index is 500. The maximum absolute atomic E-state index is 5.68. The van der Waals surface area contributed by atoms with E-state index in [1.807, 2.05) is 11.4 Å². The van der Waals surface area contributed by atoms with Gasteiger partial charge in [-0.1, -0.05) is 0 Å². The molecule has 0 saturated carbocycles. The van der Waals surface area contributed by atoms with Gasteiger partial charge in [0.15, 0.2) is 0 Å². The van der Waals surface area contributed by atoms with Crippen molar-refractivity contribution in [2.24, 2.45) is 0 Å². The lowest BCUT2D eigenvalue weighted by Gasteiger charge is -2.07. The van der Waals surface area contributed by atoms with Crippen LogP contribution in [0.25, 0.3) is 10.2 Å². The molecule has 0 aromatic carbocycles. The summed E-state index contributed by atoms with van der Waals surface area (Å²) in [5.74, 6) is 1.16. The molecule has 0 spiro atoms. The molecule has 98 valence electrons. The van der Waals surface area contributed by atoms with Crippen LogP contribution in [0.2, 0.25) is 0 Å². The second-order valence-electron chi connectivity index (χ2n) is 4.05. The van der Waals surface area contributed by atoms with E-state index in [0.29, 0.717) is 5.95 Å². The van der Waals surface area contributed by atoms with E-state index in [-0.39, 0.29) is 0 Å². The highest BCUT2D eigenvalue weighted by molar-refractivity contribution is 7.16. The Labute approximate surface area is 110 Å². The number of ether oxygens (including phenoxy) is 1. The average Bonchev–Trinajstić information content (AvgIpc) is 2.81. The lowest BCUT2D eigenvalue weighted by Crippen LogP contribution is -2.06. The molecular formula is C12H18N4OS. The molecular weight excluding hydrogens is 248 g/mol. The van der Waals surface area contributed by atoms with Crippen molar-refractivity contribution in [3.05, 3.63) is 11.4 Å². The SMILES string of the molecule is COCCCCCNc1nc(N)nc2sccc12. The Hall–Kier alpha value is -1.40. The van der Waals surface area contributed by atoms with Crippen LogP contribution >= 0.6 is 11.3 Å². The van der Waals surface area contributed by atoms with Crippen molar-refractivity contribution in [1.29, 1.82) is 0 Å². The Kier molecular flexibility index (Phi) is 4.72. The van der Waals surface area contributed by atoms with Crippen molar-refractivity contribution < 1.29 is 4.74 Å². The summed E-state index contributed by atoms with van der Waals surface area (Å²) in [6.07, 6.45) is 3.34. The zero-order valence-electron chi connectivity index (χ0n) is 10.5. The third kappa shape index (κ3) is 3.30. The van der Waals surface area contributed by atoms with E-state index in [1.165, 1.54) is 0 Å². The summed E-state index contributed by atoms with van der Waals surface area (Å²) in [5.41, 5.74) is 5.68. The summed E-state index contributed by atoms with van der Waals surface area (Å²) in [6, 6.07) is 2.02. The van der Waals surface area contributed by atoms with Crippen LogP contribution in [0.3, 0.4) is 0 Å². The first-order valence-corrected chi connectivity index (χ1v) is 6.93. The highest BCUT2D eigenvalue weighted by Gasteiger charge is 2.06. The molecule has 0 fully saturated rings. The molecule has 2 heterocycles. The van der Waals surface area contributed by atoms with Crippen LogP contribution in [0.5, 0.6) is 0 Å². The first-order valence-electron chi connectivity index (χ1n) is 6.05. The van der Waals surface area contributed by atoms with Gasteiger partial charge < -0.3 is 15.8 Å². The van der Waals surface area contributed by atoms with Crippen molar-refractivity contribution in [3.8, 4) is 0 Å². The monoisotopic (exact) mass is 266 g/mol. The van der Waals surface area contributed by atoms with E-state index in [2.05, 4.69) is 15.3 Å². The van der Waals surface area contributed by atoms with E-state index >= 15 is 0 Å². The van der Waals surface area contributed by atoms with Gasteiger partial charge >= 0.3 is 0 Å². The largest absolute Gasteiger partial charge is 0.385 e. The lowest BCUT2D eigenvalue weighted by atomic mass is 10.2. The number of thiophene rings is 1. The number of hydrogen-bond donors (Lipinski definition) is 2. The Morgan fingerprint density at radius 2 is 2.22 bits per heavy atom. The second kappa shape index (κ2) is 6.51. The number of unbranched alkanes of at least 4 members (excludes halogenated alkanes) is 2. The van der Waals surface area contributed by atoms with Crippen LogP contribution in [0.1, 0.15) is 19.3 Å². The number of methoxy groups -OCH3 is 1. The summed E-state index contributed by atoms with van der Waals surface area (Å²) in [5, 5.41) is 6.38. The molecule has 0 bridgehead atoms. The van der Waals surface area contributed by atoms with Crippen LogP contribution in [0.15, 0.2) is 11.4 Å². The van der Waals surface area contributed by atoms with Crippen LogP contribution in [0, 0.1) is 0 Å². The molecule has 2 aromatic heterocycles. The second-order valence-corrected chi connectivity index (χ2v) is 4.94. The molecule has 0 atom stereocenters. The molecule has 0 amide bonds. The minimum Gasteiger partial charge on any atom is -0.385 e. The standard InChI is InChI=1S/C12H18N4OS/c1-17-7-4-2-3-6-14-10-9-5-8-18-11(9)16-12(13)15-10/h5,8H,2-4,6-7H2,1H3,(H3,13,14,15,16). The Morgan fingerprint density at radius 3 is 3.06 bits per heavy atom. The highest BCUT2D eigenvalue weighted by Crippen LogP contribution is 2.25. The molecule has 0 aliphatic heterocycles. The first kappa shape index (κ1) is 13.0. The zero-order chi connectivity index (χ0) is 12.8. The fourth-order valence-corrected chi connectivity index (χ4v) is 2.53. The molecule has 3 N–H and O–H groups in total. The normalized spacial score (nSPS) is 10.9. The maximum Gasteiger partial charge on any atom is 0.223 e. The van der Waals surface area contributed by atoms with Crippen LogP contribution in [0.4, 0.5) is 11.8 Å². The number of fused-ring (bicyclic) bond motifs is 1. The number of rotatable bonds is 7. The summed E-state index contributed by atoms with van der Waals surface area (Å²) >= 11 is 1.58.